The van der Waals surface area contributed by atoms with Gasteiger partial charge in [0.2, 0.25) is 5.91 Å². The number of aromatic nitrogens is 2. The van der Waals surface area contributed by atoms with E-state index in [-0.39, 0.29) is 17.9 Å². The number of nitrogens with zero attached hydrogens (tertiary/aromatic N) is 4. The highest BCUT2D eigenvalue weighted by Gasteiger charge is 2.30. The first-order valence-electron chi connectivity index (χ1n) is 8.46. The Bertz CT molecular complexity index is 601. The highest BCUT2D eigenvalue weighted by molar-refractivity contribution is 5.91. The van der Waals surface area contributed by atoms with Gasteiger partial charge in [-0.1, -0.05) is 0 Å². The van der Waals surface area contributed by atoms with Gasteiger partial charge in [0.15, 0.2) is 0 Å². The van der Waals surface area contributed by atoms with Crippen LogP contribution in [0.4, 0.5) is 5.82 Å². The third-order valence-electron chi connectivity index (χ3n) is 4.53. The van der Waals surface area contributed by atoms with Crippen molar-refractivity contribution in [1.29, 1.82) is 0 Å². The van der Waals surface area contributed by atoms with Crippen molar-refractivity contribution >= 4 is 17.6 Å². The van der Waals surface area contributed by atoms with E-state index in [4.69, 9.17) is 4.74 Å². The van der Waals surface area contributed by atoms with Crippen molar-refractivity contribution in [2.24, 2.45) is 7.05 Å². The molecule has 132 valence electrons. The molecule has 2 saturated heterocycles. The Kier molecular flexibility index (Phi) is 5.15. The molecule has 2 amide bonds. The normalized spacial score (nSPS) is 21.9. The third-order valence-corrected chi connectivity index (χ3v) is 4.53. The smallest absolute Gasteiger partial charge is 0.251 e. The molecule has 8 heteroatoms. The number of piperazine rings is 1. The molecule has 1 atom stereocenters. The zero-order valence-electron chi connectivity index (χ0n) is 14.3. The highest BCUT2D eigenvalue weighted by Crippen LogP contribution is 2.16. The molecule has 3 heterocycles. The second kappa shape index (κ2) is 7.31. The van der Waals surface area contributed by atoms with Gasteiger partial charge in [0.25, 0.3) is 5.91 Å². The molecule has 0 aliphatic carbocycles. The highest BCUT2D eigenvalue weighted by atomic mass is 16.5. The molecule has 1 unspecified atom stereocenters. The van der Waals surface area contributed by atoms with E-state index in [0.717, 1.165) is 18.5 Å². The fourth-order valence-electron chi connectivity index (χ4n) is 3.22. The molecular formula is C16H25N5O3. The summed E-state index contributed by atoms with van der Waals surface area (Å²) in [5.74, 6) is 0.739. The van der Waals surface area contributed by atoms with Crippen molar-refractivity contribution in [2.75, 3.05) is 44.6 Å². The second-order valence-corrected chi connectivity index (χ2v) is 6.45. The average Bonchev–Trinajstić information content (AvgIpc) is 3.18. The summed E-state index contributed by atoms with van der Waals surface area (Å²) >= 11 is 0. The largest absolute Gasteiger partial charge is 0.368 e. The lowest BCUT2D eigenvalue weighted by Gasteiger charge is -2.35. The van der Waals surface area contributed by atoms with Crippen LogP contribution in [0.25, 0.3) is 0 Å². The maximum absolute atomic E-state index is 12.3. The SMILES string of the molecule is Cc1cc(NC(=O)CN2CCN(C(=O)C3CCCO3)CC2)n(C)n1. The molecule has 0 bridgehead atoms. The van der Waals surface area contributed by atoms with Crippen LogP contribution >= 0.6 is 0 Å². The molecule has 1 aromatic heterocycles. The van der Waals surface area contributed by atoms with Gasteiger partial charge in [-0.25, -0.2) is 0 Å². The summed E-state index contributed by atoms with van der Waals surface area (Å²) in [7, 11) is 1.80. The Morgan fingerprint density at radius 2 is 2.08 bits per heavy atom. The van der Waals surface area contributed by atoms with Crippen molar-refractivity contribution in [2.45, 2.75) is 25.9 Å². The molecule has 2 fully saturated rings. The zero-order chi connectivity index (χ0) is 17.1. The fraction of sp³-hybridized carbons (Fsp3) is 0.688. The lowest BCUT2D eigenvalue weighted by molar-refractivity contribution is -0.142. The van der Waals surface area contributed by atoms with Crippen LogP contribution in [0.1, 0.15) is 18.5 Å². The van der Waals surface area contributed by atoms with E-state index in [9.17, 15) is 9.59 Å². The first kappa shape index (κ1) is 16.9. The summed E-state index contributed by atoms with van der Waals surface area (Å²) in [6, 6.07) is 1.84. The number of hydrogen-bond donors (Lipinski definition) is 1. The number of aryl methyl sites for hydroxylation is 2. The summed E-state index contributed by atoms with van der Waals surface area (Å²) in [4.78, 5) is 28.4. The fourth-order valence-corrected chi connectivity index (χ4v) is 3.22. The van der Waals surface area contributed by atoms with Gasteiger partial charge in [0.05, 0.1) is 12.2 Å². The number of carbonyl (C=O) groups excluding carboxylic acids is 2. The third kappa shape index (κ3) is 3.93. The minimum absolute atomic E-state index is 0.0584. The molecular weight excluding hydrogens is 310 g/mol. The Morgan fingerprint density at radius 1 is 1.33 bits per heavy atom. The maximum atomic E-state index is 12.3. The van der Waals surface area contributed by atoms with E-state index in [1.165, 1.54) is 0 Å². The van der Waals surface area contributed by atoms with Crippen LogP contribution in [0.15, 0.2) is 6.07 Å². The van der Waals surface area contributed by atoms with Crippen molar-refractivity contribution in [3.63, 3.8) is 0 Å². The quantitative estimate of drug-likeness (QED) is 0.837. The van der Waals surface area contributed by atoms with E-state index in [2.05, 4.69) is 15.3 Å². The lowest BCUT2D eigenvalue weighted by atomic mass is 10.2. The predicted octanol–water partition coefficient (Wildman–Crippen LogP) is -0.00978. The van der Waals surface area contributed by atoms with Crippen LogP contribution in [0.2, 0.25) is 0 Å². The molecule has 24 heavy (non-hydrogen) atoms. The number of carbonyl (C=O) groups is 2. The predicted molar refractivity (Wildman–Crippen MR) is 88.6 cm³/mol. The Labute approximate surface area is 141 Å². The summed E-state index contributed by atoms with van der Waals surface area (Å²) in [6.07, 6.45) is 1.53. The maximum Gasteiger partial charge on any atom is 0.251 e. The molecule has 0 saturated carbocycles. The number of nitrogens with one attached hydrogen (secondary N) is 1. The van der Waals surface area contributed by atoms with Crippen LogP contribution in [0, 0.1) is 6.92 Å². The van der Waals surface area contributed by atoms with Gasteiger partial charge in [-0.15, -0.1) is 0 Å². The first-order valence-corrected chi connectivity index (χ1v) is 8.46. The Balaban J connectivity index is 1.44. The molecule has 8 nitrogen and oxygen atoms in total. The Hall–Kier alpha value is -1.93. The van der Waals surface area contributed by atoms with Gasteiger partial charge in [-0.05, 0) is 19.8 Å². The van der Waals surface area contributed by atoms with Gasteiger partial charge >= 0.3 is 0 Å². The molecule has 0 spiro atoms. The zero-order valence-corrected chi connectivity index (χ0v) is 14.3. The average molecular weight is 335 g/mol. The summed E-state index contributed by atoms with van der Waals surface area (Å²) in [6.45, 7) is 5.61. The van der Waals surface area contributed by atoms with Crippen LogP contribution in [0.3, 0.4) is 0 Å². The van der Waals surface area contributed by atoms with E-state index < -0.39 is 0 Å². The van der Waals surface area contributed by atoms with Gasteiger partial charge < -0.3 is 15.0 Å². The molecule has 2 aliphatic heterocycles. The van der Waals surface area contributed by atoms with E-state index in [0.29, 0.717) is 45.1 Å². The lowest BCUT2D eigenvalue weighted by Crippen LogP contribution is -2.52. The van der Waals surface area contributed by atoms with Crippen molar-refractivity contribution < 1.29 is 14.3 Å². The first-order chi connectivity index (χ1) is 11.5. The van der Waals surface area contributed by atoms with Crippen LogP contribution in [0.5, 0.6) is 0 Å². The minimum atomic E-state index is -0.257. The van der Waals surface area contributed by atoms with Crippen LogP contribution in [-0.4, -0.2) is 76.8 Å². The Morgan fingerprint density at radius 3 is 2.67 bits per heavy atom. The van der Waals surface area contributed by atoms with Crippen molar-refractivity contribution in [3.8, 4) is 0 Å². The number of anilines is 1. The van der Waals surface area contributed by atoms with E-state index in [1.54, 1.807) is 11.7 Å². The summed E-state index contributed by atoms with van der Waals surface area (Å²) < 4.78 is 7.12. The molecule has 0 aromatic carbocycles. The van der Waals surface area contributed by atoms with E-state index >= 15 is 0 Å². The van der Waals surface area contributed by atoms with Gasteiger partial charge in [0, 0.05) is 45.9 Å². The molecule has 1 aromatic rings. The van der Waals surface area contributed by atoms with Crippen molar-refractivity contribution in [3.05, 3.63) is 11.8 Å². The number of ether oxygens (including phenoxy) is 1. The number of hydrogen-bond acceptors (Lipinski definition) is 5. The van der Waals surface area contributed by atoms with Crippen LogP contribution in [-0.2, 0) is 21.4 Å². The summed E-state index contributed by atoms with van der Waals surface area (Å²) in [5, 5.41) is 7.09. The van der Waals surface area contributed by atoms with Crippen molar-refractivity contribution in [1.82, 2.24) is 19.6 Å². The number of rotatable bonds is 4. The molecule has 1 N–H and O–H groups in total. The van der Waals surface area contributed by atoms with Gasteiger partial charge in [0.1, 0.15) is 11.9 Å². The van der Waals surface area contributed by atoms with Gasteiger partial charge in [-0.2, -0.15) is 5.10 Å². The minimum Gasteiger partial charge on any atom is -0.368 e. The monoisotopic (exact) mass is 335 g/mol. The topological polar surface area (TPSA) is 79.7 Å². The molecule has 2 aliphatic rings. The number of amides is 2. The van der Waals surface area contributed by atoms with E-state index in [1.807, 2.05) is 17.9 Å². The standard InChI is InChI=1S/C16H25N5O3/c1-12-10-14(19(2)18-12)17-15(22)11-20-5-7-21(8-6-20)16(23)13-4-3-9-24-13/h10,13H,3-9,11H2,1-2H3,(H,17,22). The second-order valence-electron chi connectivity index (χ2n) is 6.45. The van der Waals surface area contributed by atoms with Crippen LogP contribution < -0.4 is 5.32 Å². The molecule has 0 radical (unpaired) electrons. The summed E-state index contributed by atoms with van der Waals surface area (Å²) in [5.41, 5.74) is 0.869. The molecule has 3 rings (SSSR count). The van der Waals surface area contributed by atoms with Gasteiger partial charge in [-0.3, -0.25) is 19.2 Å².